The minimum atomic E-state index is -0.480. The topological polar surface area (TPSA) is 35.8 Å². The first-order valence-electron chi connectivity index (χ1n) is 4.90. The van der Waals surface area contributed by atoms with Crippen LogP contribution in [0.15, 0.2) is 30.9 Å². The van der Waals surface area contributed by atoms with Crippen LogP contribution < -0.4 is 5.32 Å². The summed E-state index contributed by atoms with van der Waals surface area (Å²) in [7, 11) is 0. The lowest BCUT2D eigenvalue weighted by Gasteiger charge is -2.05. The first kappa shape index (κ1) is 12.6. The van der Waals surface area contributed by atoms with Gasteiger partial charge in [0.25, 0.3) is 0 Å². The molecule has 0 spiro atoms. The van der Waals surface area contributed by atoms with Crippen LogP contribution >= 0.6 is 11.8 Å². The zero-order valence-corrected chi connectivity index (χ0v) is 9.69. The lowest BCUT2D eigenvalue weighted by atomic mass is 10.2. The number of halogens is 1. The van der Waals surface area contributed by atoms with Crippen molar-refractivity contribution in [2.24, 2.45) is 0 Å². The Hall–Kier alpha value is -1.47. The van der Waals surface area contributed by atoms with Gasteiger partial charge in [-0.2, -0.15) is 17.0 Å². The molecule has 0 aliphatic carbocycles. The van der Waals surface area contributed by atoms with Gasteiger partial charge in [-0.3, -0.25) is 0 Å². The van der Waals surface area contributed by atoms with Crippen LogP contribution in [0.5, 0.6) is 0 Å². The number of hydrogen-bond acceptors (Lipinski definition) is 3. The number of nitrogens with one attached hydrogen (secondary N) is 1. The monoisotopic (exact) mass is 236 g/mol. The summed E-state index contributed by atoms with van der Waals surface area (Å²) in [5.74, 6) is 1.38. The van der Waals surface area contributed by atoms with Gasteiger partial charge >= 0.3 is 0 Å². The molecule has 0 aromatic heterocycles. The fourth-order valence-electron chi connectivity index (χ4n) is 1.15. The molecule has 0 unspecified atom stereocenters. The first-order chi connectivity index (χ1) is 7.77. The van der Waals surface area contributed by atoms with E-state index in [2.05, 4.69) is 11.9 Å². The second-order valence-electron chi connectivity index (χ2n) is 3.10. The van der Waals surface area contributed by atoms with Crippen molar-refractivity contribution in [3.63, 3.8) is 0 Å². The molecule has 84 valence electrons. The van der Waals surface area contributed by atoms with Gasteiger partial charge in [-0.05, 0) is 18.2 Å². The van der Waals surface area contributed by atoms with Crippen LogP contribution in [0.3, 0.4) is 0 Å². The van der Waals surface area contributed by atoms with Crippen molar-refractivity contribution in [1.82, 2.24) is 0 Å². The van der Waals surface area contributed by atoms with Gasteiger partial charge in [-0.25, -0.2) is 4.39 Å². The Balaban J connectivity index is 2.40. The summed E-state index contributed by atoms with van der Waals surface area (Å²) in [4.78, 5) is 0. The summed E-state index contributed by atoms with van der Waals surface area (Å²) in [5.41, 5.74) is 0.780. The van der Waals surface area contributed by atoms with E-state index in [4.69, 9.17) is 5.26 Å². The van der Waals surface area contributed by atoms with Crippen molar-refractivity contribution in [3.05, 3.63) is 42.2 Å². The lowest BCUT2D eigenvalue weighted by Crippen LogP contribution is -2.04. The Kier molecular flexibility index (Phi) is 5.44. The van der Waals surface area contributed by atoms with Gasteiger partial charge in [0.2, 0.25) is 0 Å². The molecule has 1 aromatic rings. The zero-order valence-electron chi connectivity index (χ0n) is 8.87. The van der Waals surface area contributed by atoms with Crippen LogP contribution in [0.1, 0.15) is 5.56 Å². The van der Waals surface area contributed by atoms with Crippen LogP contribution in [0.4, 0.5) is 10.1 Å². The van der Waals surface area contributed by atoms with Crippen molar-refractivity contribution >= 4 is 17.4 Å². The van der Waals surface area contributed by atoms with Gasteiger partial charge in [-0.15, -0.1) is 6.58 Å². The molecule has 0 aliphatic rings. The Morgan fingerprint density at radius 2 is 2.38 bits per heavy atom. The molecule has 0 heterocycles. The number of anilines is 1. The van der Waals surface area contributed by atoms with Crippen LogP contribution in [0.2, 0.25) is 0 Å². The van der Waals surface area contributed by atoms with Gasteiger partial charge in [0.1, 0.15) is 11.9 Å². The van der Waals surface area contributed by atoms with Crippen molar-refractivity contribution in [2.75, 3.05) is 23.4 Å². The number of nitrogens with zero attached hydrogens (tertiary/aromatic N) is 1. The third-order valence-corrected chi connectivity index (χ3v) is 2.86. The third-order valence-electron chi connectivity index (χ3n) is 1.90. The fraction of sp³-hybridized carbons (Fsp3) is 0.250. The van der Waals surface area contributed by atoms with Crippen molar-refractivity contribution in [3.8, 4) is 6.07 Å². The average Bonchev–Trinajstić information content (AvgIpc) is 2.29. The highest BCUT2D eigenvalue weighted by molar-refractivity contribution is 7.99. The van der Waals surface area contributed by atoms with Crippen LogP contribution in [-0.2, 0) is 0 Å². The van der Waals surface area contributed by atoms with Crippen LogP contribution in [-0.4, -0.2) is 18.1 Å². The highest BCUT2D eigenvalue weighted by atomic mass is 32.2. The molecule has 0 atom stereocenters. The summed E-state index contributed by atoms with van der Waals surface area (Å²) in [6, 6.07) is 6.32. The number of rotatable bonds is 6. The molecule has 0 aliphatic heterocycles. The molecule has 2 nitrogen and oxygen atoms in total. The maximum atomic E-state index is 13.2. The number of benzene rings is 1. The quantitative estimate of drug-likeness (QED) is 0.609. The smallest absolute Gasteiger partial charge is 0.143 e. The maximum Gasteiger partial charge on any atom is 0.143 e. The van der Waals surface area contributed by atoms with Gasteiger partial charge in [0, 0.05) is 23.7 Å². The molecule has 16 heavy (non-hydrogen) atoms. The van der Waals surface area contributed by atoms with E-state index in [0.29, 0.717) is 5.69 Å². The predicted octanol–water partition coefficient (Wildman–Crippen LogP) is 3.03. The zero-order chi connectivity index (χ0) is 11.8. The molecule has 4 heteroatoms. The van der Waals surface area contributed by atoms with E-state index in [1.807, 2.05) is 6.08 Å². The van der Waals surface area contributed by atoms with E-state index >= 15 is 0 Å². The molecule has 0 bridgehead atoms. The molecule has 0 radical (unpaired) electrons. The van der Waals surface area contributed by atoms with Gasteiger partial charge < -0.3 is 5.32 Å². The van der Waals surface area contributed by atoms with Gasteiger partial charge in [-0.1, -0.05) is 6.08 Å². The van der Waals surface area contributed by atoms with Crippen LogP contribution in [0.25, 0.3) is 0 Å². The molecule has 0 saturated heterocycles. The van der Waals surface area contributed by atoms with Gasteiger partial charge in [0.15, 0.2) is 0 Å². The molecule has 1 N–H and O–H groups in total. The summed E-state index contributed by atoms with van der Waals surface area (Å²) in [5, 5.41) is 11.7. The molecule has 0 saturated carbocycles. The van der Waals surface area contributed by atoms with E-state index < -0.39 is 5.82 Å². The second kappa shape index (κ2) is 6.91. The fourth-order valence-corrected chi connectivity index (χ4v) is 1.73. The summed E-state index contributed by atoms with van der Waals surface area (Å²) < 4.78 is 13.2. The second-order valence-corrected chi connectivity index (χ2v) is 4.25. The molecule has 0 fully saturated rings. The van der Waals surface area contributed by atoms with E-state index in [1.165, 1.54) is 12.1 Å². The molecular weight excluding hydrogens is 223 g/mol. The molecule has 1 rings (SSSR count). The predicted molar refractivity (Wildman–Crippen MR) is 67.1 cm³/mol. The highest BCUT2D eigenvalue weighted by Gasteiger charge is 2.01. The average molecular weight is 236 g/mol. The van der Waals surface area contributed by atoms with Gasteiger partial charge in [0.05, 0.1) is 5.56 Å². The number of hydrogen-bond donors (Lipinski definition) is 1. The molecule has 1 aromatic carbocycles. The summed E-state index contributed by atoms with van der Waals surface area (Å²) >= 11 is 1.76. The Bertz CT molecular complexity index is 398. The first-order valence-corrected chi connectivity index (χ1v) is 6.05. The summed E-state index contributed by atoms with van der Waals surface area (Å²) in [6.07, 6.45) is 1.85. The van der Waals surface area contributed by atoms with E-state index in [-0.39, 0.29) is 5.56 Å². The lowest BCUT2D eigenvalue weighted by molar-refractivity contribution is 0.624. The molecule has 0 amide bonds. The standard InChI is InChI=1S/C12H13FN2S/c1-2-6-16-7-5-15-11-4-3-10(9-14)12(13)8-11/h2-4,8,15H,1,5-7H2. The molecular formula is C12H13FN2S. The largest absolute Gasteiger partial charge is 0.384 e. The van der Waals surface area contributed by atoms with Crippen molar-refractivity contribution < 1.29 is 4.39 Å². The van der Waals surface area contributed by atoms with Crippen molar-refractivity contribution in [1.29, 1.82) is 5.26 Å². The SMILES string of the molecule is C=CCSCCNc1ccc(C#N)c(F)c1. The Morgan fingerprint density at radius 3 is 3.00 bits per heavy atom. The Morgan fingerprint density at radius 1 is 1.56 bits per heavy atom. The van der Waals surface area contributed by atoms with E-state index in [1.54, 1.807) is 23.9 Å². The van der Waals surface area contributed by atoms with E-state index in [0.717, 1.165) is 18.1 Å². The summed E-state index contributed by atoms with van der Waals surface area (Å²) in [6.45, 7) is 4.39. The Labute approximate surface area is 99.2 Å². The number of thioether (sulfide) groups is 1. The minimum absolute atomic E-state index is 0.0755. The van der Waals surface area contributed by atoms with Crippen molar-refractivity contribution in [2.45, 2.75) is 0 Å². The normalized spacial score (nSPS) is 9.50. The van der Waals surface area contributed by atoms with Crippen LogP contribution in [0, 0.1) is 17.1 Å². The maximum absolute atomic E-state index is 13.2. The third kappa shape index (κ3) is 3.95. The van der Waals surface area contributed by atoms with E-state index in [9.17, 15) is 4.39 Å². The number of nitriles is 1. The highest BCUT2D eigenvalue weighted by Crippen LogP contribution is 2.13. The minimum Gasteiger partial charge on any atom is -0.384 e.